The maximum atomic E-state index is 12.8. The van der Waals surface area contributed by atoms with Crippen LogP contribution in [-0.4, -0.2) is 46.5 Å². The fourth-order valence-corrected chi connectivity index (χ4v) is 5.22. The molecule has 0 unspecified atom stereocenters. The quantitative estimate of drug-likeness (QED) is 0.519. The van der Waals surface area contributed by atoms with Crippen LogP contribution in [0.15, 0.2) is 44.1 Å². The second-order valence-corrected chi connectivity index (χ2v) is 9.60. The Morgan fingerprint density at radius 3 is 2.58 bits per heavy atom. The number of benzene rings is 1. The van der Waals surface area contributed by atoms with Gasteiger partial charge in [0.25, 0.3) is 11.1 Å². The van der Waals surface area contributed by atoms with E-state index in [1.807, 2.05) is 31.2 Å². The molecule has 2 aromatic rings. The zero-order valence-electron chi connectivity index (χ0n) is 17.2. The highest BCUT2D eigenvalue weighted by Crippen LogP contribution is 2.35. The maximum absolute atomic E-state index is 12.8. The second-order valence-electron chi connectivity index (χ2n) is 7.75. The molecule has 8 heteroatoms. The molecule has 0 N–H and O–H groups in total. The Hall–Kier alpha value is -2.32. The molecule has 2 saturated heterocycles. The predicted molar refractivity (Wildman–Crippen MR) is 124 cm³/mol. The molecule has 3 heterocycles. The molecule has 4 rings (SSSR count). The summed E-state index contributed by atoms with van der Waals surface area (Å²) in [6.45, 7) is 3.18. The van der Waals surface area contributed by atoms with E-state index in [-0.39, 0.29) is 17.4 Å². The first-order valence-electron chi connectivity index (χ1n) is 10.3. The summed E-state index contributed by atoms with van der Waals surface area (Å²) >= 11 is 4.38. The standard InChI is InChI=1S/C23H23BrN2O4S/c1-15-6-8-17(18(24)12-15)19-9-7-16(30-19)13-20-22(28)26(23(29)31-20)14-21(27)25-10-4-2-3-5-11-25/h6-9,12-13H,2-5,10-11,14H2,1H3. The molecule has 0 aliphatic carbocycles. The highest BCUT2D eigenvalue weighted by atomic mass is 79.9. The number of furan rings is 1. The van der Waals surface area contributed by atoms with Crippen LogP contribution in [-0.2, 0) is 9.59 Å². The maximum Gasteiger partial charge on any atom is 0.294 e. The van der Waals surface area contributed by atoms with Crippen LogP contribution in [0.2, 0.25) is 0 Å². The summed E-state index contributed by atoms with van der Waals surface area (Å²) in [5.41, 5.74) is 2.03. The van der Waals surface area contributed by atoms with Gasteiger partial charge in [-0.1, -0.05) is 34.8 Å². The number of likely N-dealkylation sites (tertiary alicyclic amines) is 1. The lowest BCUT2D eigenvalue weighted by atomic mass is 10.1. The number of imide groups is 1. The zero-order valence-corrected chi connectivity index (χ0v) is 19.6. The smallest absolute Gasteiger partial charge is 0.294 e. The van der Waals surface area contributed by atoms with Crippen LogP contribution in [0.1, 0.15) is 37.0 Å². The highest BCUT2D eigenvalue weighted by molar-refractivity contribution is 9.10. The summed E-state index contributed by atoms with van der Waals surface area (Å²) in [7, 11) is 0. The predicted octanol–water partition coefficient (Wildman–Crippen LogP) is 5.46. The summed E-state index contributed by atoms with van der Waals surface area (Å²) < 4.78 is 6.80. The Morgan fingerprint density at radius 1 is 1.13 bits per heavy atom. The number of amides is 3. The lowest BCUT2D eigenvalue weighted by Crippen LogP contribution is -2.42. The molecular formula is C23H23BrN2O4S. The number of nitrogens with zero attached hydrogens (tertiary/aromatic N) is 2. The Labute approximate surface area is 193 Å². The molecule has 2 fully saturated rings. The molecule has 0 bridgehead atoms. The molecule has 1 aromatic carbocycles. The van der Waals surface area contributed by atoms with E-state index < -0.39 is 11.1 Å². The van der Waals surface area contributed by atoms with E-state index in [4.69, 9.17) is 4.42 Å². The van der Waals surface area contributed by atoms with E-state index in [2.05, 4.69) is 15.9 Å². The lowest BCUT2D eigenvalue weighted by Gasteiger charge is -2.22. The van der Waals surface area contributed by atoms with Gasteiger partial charge in [0.15, 0.2) is 0 Å². The van der Waals surface area contributed by atoms with Gasteiger partial charge in [0.05, 0.1) is 4.91 Å². The molecule has 162 valence electrons. The molecule has 31 heavy (non-hydrogen) atoms. The van der Waals surface area contributed by atoms with Gasteiger partial charge in [-0.05, 0) is 61.4 Å². The van der Waals surface area contributed by atoms with Gasteiger partial charge in [0.1, 0.15) is 18.1 Å². The topological polar surface area (TPSA) is 70.8 Å². The molecule has 3 amide bonds. The summed E-state index contributed by atoms with van der Waals surface area (Å²) in [4.78, 5) is 40.8. The van der Waals surface area contributed by atoms with E-state index in [1.165, 1.54) is 0 Å². The fourth-order valence-electron chi connectivity index (χ4n) is 3.72. The molecule has 1 aromatic heterocycles. The summed E-state index contributed by atoms with van der Waals surface area (Å²) in [6, 6.07) is 9.55. The minimum atomic E-state index is -0.451. The van der Waals surface area contributed by atoms with Crippen LogP contribution in [0.4, 0.5) is 4.79 Å². The highest BCUT2D eigenvalue weighted by Gasteiger charge is 2.37. The van der Waals surface area contributed by atoms with E-state index in [1.54, 1.807) is 17.0 Å². The third kappa shape index (κ3) is 4.96. The largest absolute Gasteiger partial charge is 0.457 e. The molecule has 0 radical (unpaired) electrons. The zero-order chi connectivity index (χ0) is 22.0. The van der Waals surface area contributed by atoms with Crippen molar-refractivity contribution < 1.29 is 18.8 Å². The molecular weight excluding hydrogens is 480 g/mol. The van der Waals surface area contributed by atoms with E-state index in [0.717, 1.165) is 57.9 Å². The molecule has 2 aliphatic heterocycles. The van der Waals surface area contributed by atoms with Gasteiger partial charge in [-0.2, -0.15) is 0 Å². The number of hydrogen-bond acceptors (Lipinski definition) is 5. The van der Waals surface area contributed by atoms with Crippen LogP contribution in [0, 0.1) is 6.92 Å². The van der Waals surface area contributed by atoms with Crippen LogP contribution in [0.3, 0.4) is 0 Å². The average molecular weight is 503 g/mol. The van der Waals surface area contributed by atoms with Gasteiger partial charge < -0.3 is 9.32 Å². The molecule has 0 atom stereocenters. The number of carbonyl (C=O) groups excluding carboxylic acids is 3. The van der Waals surface area contributed by atoms with Crippen molar-refractivity contribution in [2.24, 2.45) is 0 Å². The first-order chi connectivity index (χ1) is 14.9. The summed E-state index contributed by atoms with van der Waals surface area (Å²) in [5, 5.41) is -0.424. The van der Waals surface area contributed by atoms with Crippen LogP contribution in [0.5, 0.6) is 0 Å². The van der Waals surface area contributed by atoms with Crippen molar-refractivity contribution in [3.8, 4) is 11.3 Å². The molecule has 0 spiro atoms. The average Bonchev–Trinajstić information content (AvgIpc) is 3.15. The fraction of sp³-hybridized carbons (Fsp3) is 0.348. The first-order valence-corrected chi connectivity index (χ1v) is 11.9. The van der Waals surface area contributed by atoms with Crippen molar-refractivity contribution in [3.63, 3.8) is 0 Å². The van der Waals surface area contributed by atoms with Crippen molar-refractivity contribution in [1.29, 1.82) is 0 Å². The second kappa shape index (κ2) is 9.44. The van der Waals surface area contributed by atoms with E-state index in [9.17, 15) is 14.4 Å². The van der Waals surface area contributed by atoms with Crippen LogP contribution in [0.25, 0.3) is 17.4 Å². The molecule has 6 nitrogen and oxygen atoms in total. The summed E-state index contributed by atoms with van der Waals surface area (Å²) in [6.07, 6.45) is 5.71. The van der Waals surface area contributed by atoms with Gasteiger partial charge in [-0.15, -0.1) is 0 Å². The molecule has 0 saturated carbocycles. The van der Waals surface area contributed by atoms with Gasteiger partial charge >= 0.3 is 0 Å². The number of thioether (sulfide) groups is 1. The SMILES string of the molecule is Cc1ccc(-c2ccc(C=C3SC(=O)N(CC(=O)N4CCCCCC4)C3=O)o2)c(Br)c1. The van der Waals surface area contributed by atoms with Crippen LogP contribution >= 0.6 is 27.7 Å². The Balaban J connectivity index is 1.47. The third-order valence-corrected chi connectivity index (χ3v) is 6.98. The van der Waals surface area contributed by atoms with Crippen molar-refractivity contribution in [1.82, 2.24) is 9.80 Å². The minimum absolute atomic E-state index is 0.171. The summed E-state index contributed by atoms with van der Waals surface area (Å²) in [5.74, 6) is 0.517. The van der Waals surface area contributed by atoms with Gasteiger partial charge in [0.2, 0.25) is 5.91 Å². The Morgan fingerprint density at radius 2 is 1.87 bits per heavy atom. The van der Waals surface area contributed by atoms with E-state index >= 15 is 0 Å². The monoisotopic (exact) mass is 502 g/mol. The number of rotatable bonds is 4. The van der Waals surface area contributed by atoms with Gasteiger partial charge in [-0.3, -0.25) is 19.3 Å². The number of carbonyl (C=O) groups is 3. The van der Waals surface area contributed by atoms with E-state index in [0.29, 0.717) is 24.6 Å². The normalized spacial score (nSPS) is 18.7. The number of aryl methyl sites for hydroxylation is 1. The van der Waals surface area contributed by atoms with Crippen molar-refractivity contribution in [2.45, 2.75) is 32.6 Å². The van der Waals surface area contributed by atoms with Crippen molar-refractivity contribution >= 4 is 50.8 Å². The van der Waals surface area contributed by atoms with Crippen molar-refractivity contribution in [2.75, 3.05) is 19.6 Å². The lowest BCUT2D eigenvalue weighted by molar-refractivity contribution is -0.135. The van der Waals surface area contributed by atoms with Crippen molar-refractivity contribution in [3.05, 3.63) is 51.0 Å². The van der Waals surface area contributed by atoms with Crippen LogP contribution < -0.4 is 0 Å². The third-order valence-electron chi connectivity index (χ3n) is 5.42. The van der Waals surface area contributed by atoms with Gasteiger partial charge in [0, 0.05) is 29.2 Å². The number of halogens is 1. The van der Waals surface area contributed by atoms with Gasteiger partial charge in [-0.25, -0.2) is 0 Å². The molecule has 2 aliphatic rings. The number of hydrogen-bond donors (Lipinski definition) is 0. The first kappa shape index (κ1) is 21.9. The Bertz CT molecular complexity index is 1050. The Kier molecular flexibility index (Phi) is 6.67. The minimum Gasteiger partial charge on any atom is -0.457 e.